The molecule has 2 fully saturated rings. The van der Waals surface area contributed by atoms with E-state index in [4.69, 9.17) is 23.9 Å². The van der Waals surface area contributed by atoms with Gasteiger partial charge in [-0.2, -0.15) is 9.49 Å². The Morgan fingerprint density at radius 2 is 1.80 bits per heavy atom. The minimum Gasteiger partial charge on any atom is -0.493 e. The summed E-state index contributed by atoms with van der Waals surface area (Å²) in [5.41, 5.74) is 1.94. The molecule has 0 bridgehead atoms. The summed E-state index contributed by atoms with van der Waals surface area (Å²) < 4.78 is 69.2. The molecule has 0 amide bonds. The molecule has 2 saturated heterocycles. The number of methoxy groups -OCH3 is 1. The standard InChI is InChI=1S/C34H30F3N3O6/c1-43-32-21(34(41)42)6-8-27(30(32)37)46-33-23-16-26-20(17-38-40(26)28-4-2-3-11-45-28)14-22(23)29(19-5-7-24(35)25(36)15-19)31(39-33)18-9-12-44-13-10-18/h5-8,14-18,28H,2-4,9-13H2,1H3,(H,41,42). The molecule has 1 atom stereocenters. The zero-order valence-corrected chi connectivity index (χ0v) is 24.9. The number of nitrogens with zero attached hydrogens (tertiary/aromatic N) is 3. The highest BCUT2D eigenvalue weighted by atomic mass is 19.2. The minimum atomic E-state index is -1.36. The Hall–Kier alpha value is -4.68. The van der Waals surface area contributed by atoms with Crippen LogP contribution in [0.15, 0.2) is 48.7 Å². The second-order valence-electron chi connectivity index (χ2n) is 11.4. The van der Waals surface area contributed by atoms with Gasteiger partial charge in [-0.05, 0) is 79.5 Å². The van der Waals surface area contributed by atoms with Crippen LogP contribution >= 0.6 is 0 Å². The lowest BCUT2D eigenvalue weighted by molar-refractivity contribution is -0.0366. The molecule has 238 valence electrons. The zero-order chi connectivity index (χ0) is 31.9. The van der Waals surface area contributed by atoms with Crippen molar-refractivity contribution in [2.24, 2.45) is 0 Å². The van der Waals surface area contributed by atoms with Gasteiger partial charge in [0.2, 0.25) is 11.7 Å². The van der Waals surface area contributed by atoms with Crippen molar-refractivity contribution < 1.29 is 42.0 Å². The van der Waals surface area contributed by atoms with E-state index in [2.05, 4.69) is 5.10 Å². The number of hydrogen-bond donors (Lipinski definition) is 1. The number of fused-ring (bicyclic) bond motifs is 2. The van der Waals surface area contributed by atoms with Gasteiger partial charge in [0, 0.05) is 42.1 Å². The van der Waals surface area contributed by atoms with Gasteiger partial charge < -0.3 is 24.1 Å². The largest absolute Gasteiger partial charge is 0.493 e. The fourth-order valence-electron chi connectivity index (χ4n) is 6.37. The Morgan fingerprint density at radius 3 is 2.52 bits per heavy atom. The van der Waals surface area contributed by atoms with Crippen molar-refractivity contribution in [3.05, 3.63) is 77.4 Å². The Balaban J connectivity index is 1.50. The first-order chi connectivity index (χ1) is 22.3. The van der Waals surface area contributed by atoms with Gasteiger partial charge in [-0.25, -0.2) is 23.2 Å². The highest BCUT2D eigenvalue weighted by Gasteiger charge is 2.28. The minimum absolute atomic E-state index is 0.0473. The van der Waals surface area contributed by atoms with Crippen LogP contribution in [-0.4, -0.2) is 52.8 Å². The molecule has 0 saturated carbocycles. The molecule has 3 aromatic carbocycles. The Labute approximate surface area is 261 Å². The van der Waals surface area contributed by atoms with E-state index >= 15 is 4.39 Å². The van der Waals surface area contributed by atoms with E-state index in [1.54, 1.807) is 10.9 Å². The highest BCUT2D eigenvalue weighted by molar-refractivity contribution is 6.07. The van der Waals surface area contributed by atoms with E-state index in [1.807, 2.05) is 12.1 Å². The maximum atomic E-state index is 15.7. The fourth-order valence-corrected chi connectivity index (χ4v) is 6.37. The first-order valence-corrected chi connectivity index (χ1v) is 15.1. The van der Waals surface area contributed by atoms with E-state index in [-0.39, 0.29) is 29.3 Å². The molecule has 7 rings (SSSR count). The van der Waals surface area contributed by atoms with Crippen molar-refractivity contribution in [2.75, 3.05) is 26.9 Å². The predicted octanol–water partition coefficient (Wildman–Crippen LogP) is 7.76. The molecule has 2 aliphatic heterocycles. The highest BCUT2D eigenvalue weighted by Crippen LogP contribution is 2.45. The van der Waals surface area contributed by atoms with Crippen LogP contribution in [0.2, 0.25) is 0 Å². The Kier molecular flexibility index (Phi) is 7.99. The van der Waals surface area contributed by atoms with Gasteiger partial charge in [-0.3, -0.25) is 0 Å². The fraction of sp³-hybridized carbons (Fsp3) is 0.324. The quantitative estimate of drug-likeness (QED) is 0.194. The van der Waals surface area contributed by atoms with Crippen molar-refractivity contribution in [2.45, 2.75) is 44.2 Å². The molecule has 46 heavy (non-hydrogen) atoms. The van der Waals surface area contributed by atoms with Crippen LogP contribution in [0.3, 0.4) is 0 Å². The van der Waals surface area contributed by atoms with Crippen LogP contribution in [0.4, 0.5) is 13.2 Å². The third kappa shape index (κ3) is 5.31. The van der Waals surface area contributed by atoms with Crippen molar-refractivity contribution >= 4 is 27.6 Å². The summed E-state index contributed by atoms with van der Waals surface area (Å²) in [6.07, 6.45) is 5.40. The molecule has 12 heteroatoms. The summed E-state index contributed by atoms with van der Waals surface area (Å²) in [6.45, 7) is 1.57. The molecule has 0 aliphatic carbocycles. The summed E-state index contributed by atoms with van der Waals surface area (Å²) in [7, 11) is 1.17. The summed E-state index contributed by atoms with van der Waals surface area (Å²) in [6, 6.07) is 9.88. The van der Waals surface area contributed by atoms with E-state index in [1.165, 1.54) is 25.3 Å². The normalized spacial score (nSPS) is 17.4. The van der Waals surface area contributed by atoms with E-state index in [9.17, 15) is 18.7 Å². The molecular weight excluding hydrogens is 603 g/mol. The number of aromatic carboxylic acids is 1. The number of carboxylic acids is 1. The maximum Gasteiger partial charge on any atom is 0.339 e. The average Bonchev–Trinajstić information content (AvgIpc) is 3.49. The Bertz CT molecular complexity index is 1970. The number of halogens is 3. The van der Waals surface area contributed by atoms with Crippen LogP contribution in [0, 0.1) is 17.5 Å². The van der Waals surface area contributed by atoms with Crippen molar-refractivity contribution in [3.63, 3.8) is 0 Å². The first kappa shape index (κ1) is 30.0. The number of benzene rings is 3. The third-order valence-electron chi connectivity index (χ3n) is 8.66. The smallest absolute Gasteiger partial charge is 0.339 e. The van der Waals surface area contributed by atoms with Gasteiger partial charge in [0.25, 0.3) is 0 Å². The number of carboxylic acid groups (broad SMARTS) is 1. The first-order valence-electron chi connectivity index (χ1n) is 15.1. The van der Waals surface area contributed by atoms with Gasteiger partial charge in [-0.1, -0.05) is 6.07 Å². The summed E-state index contributed by atoms with van der Waals surface area (Å²) in [5.74, 6) is -5.19. The topological polar surface area (TPSA) is 105 Å². The number of aromatic nitrogens is 3. The van der Waals surface area contributed by atoms with Crippen LogP contribution in [0.25, 0.3) is 32.8 Å². The molecule has 0 spiro atoms. The van der Waals surface area contributed by atoms with Crippen LogP contribution in [0.1, 0.15) is 60.3 Å². The molecule has 1 N–H and O–H groups in total. The molecular formula is C34H30F3N3O6. The number of carbonyl (C=O) groups is 1. The van der Waals surface area contributed by atoms with Crippen LogP contribution in [-0.2, 0) is 9.47 Å². The third-order valence-corrected chi connectivity index (χ3v) is 8.66. The molecule has 2 aromatic heterocycles. The average molecular weight is 634 g/mol. The van der Waals surface area contributed by atoms with E-state index in [0.717, 1.165) is 42.3 Å². The molecule has 9 nitrogen and oxygen atoms in total. The summed E-state index contributed by atoms with van der Waals surface area (Å²) in [4.78, 5) is 16.7. The molecule has 1 unspecified atom stereocenters. The Morgan fingerprint density at radius 1 is 0.978 bits per heavy atom. The number of hydrogen-bond acceptors (Lipinski definition) is 7. The van der Waals surface area contributed by atoms with Crippen LogP contribution in [0.5, 0.6) is 17.4 Å². The maximum absolute atomic E-state index is 15.7. The zero-order valence-electron chi connectivity index (χ0n) is 24.9. The molecule has 5 aromatic rings. The number of ether oxygens (including phenoxy) is 4. The van der Waals surface area contributed by atoms with Gasteiger partial charge >= 0.3 is 5.97 Å². The van der Waals surface area contributed by atoms with Crippen molar-refractivity contribution in [3.8, 4) is 28.5 Å². The second kappa shape index (κ2) is 12.3. The van der Waals surface area contributed by atoms with E-state index < -0.39 is 29.2 Å². The summed E-state index contributed by atoms with van der Waals surface area (Å²) in [5, 5.41) is 16.0. The van der Waals surface area contributed by atoms with Crippen LogP contribution < -0.4 is 9.47 Å². The van der Waals surface area contributed by atoms with Crippen molar-refractivity contribution in [1.82, 2.24) is 14.8 Å². The summed E-state index contributed by atoms with van der Waals surface area (Å²) >= 11 is 0. The number of rotatable bonds is 7. The van der Waals surface area contributed by atoms with Gasteiger partial charge in [0.05, 0.1) is 24.5 Å². The lowest BCUT2D eigenvalue weighted by atomic mass is 9.87. The lowest BCUT2D eigenvalue weighted by Crippen LogP contribution is -2.19. The molecule has 4 heterocycles. The van der Waals surface area contributed by atoms with E-state index in [0.29, 0.717) is 60.3 Å². The second-order valence-corrected chi connectivity index (χ2v) is 11.4. The van der Waals surface area contributed by atoms with Gasteiger partial charge in [-0.15, -0.1) is 0 Å². The molecule has 2 aliphatic rings. The SMILES string of the molecule is COc1c(C(=O)O)ccc(Oc2nc(C3CCOCC3)c(-c3ccc(F)c(F)c3)c3cc4cnn(C5CCCCO5)c4cc23)c1F. The predicted molar refractivity (Wildman–Crippen MR) is 162 cm³/mol. The van der Waals surface area contributed by atoms with Gasteiger partial charge in [0.15, 0.2) is 29.4 Å². The van der Waals surface area contributed by atoms with Crippen molar-refractivity contribution in [1.29, 1.82) is 0 Å². The monoisotopic (exact) mass is 633 g/mol. The lowest BCUT2D eigenvalue weighted by Gasteiger charge is -2.26. The molecule has 0 radical (unpaired) electrons. The van der Waals surface area contributed by atoms with Gasteiger partial charge in [0.1, 0.15) is 5.56 Å². The number of pyridine rings is 1.